The van der Waals surface area contributed by atoms with Crippen LogP contribution in [0.15, 0.2) is 24.3 Å². The van der Waals surface area contributed by atoms with Gasteiger partial charge in [-0.2, -0.15) is 0 Å². The maximum absolute atomic E-state index is 5.79. The lowest BCUT2D eigenvalue weighted by Crippen LogP contribution is -2.46. The van der Waals surface area contributed by atoms with Gasteiger partial charge in [-0.1, -0.05) is 32.9 Å². The Morgan fingerprint density at radius 3 is 2.43 bits per heavy atom. The standard InChI is InChI=1S/C18H29NOS/c1-13(10-19-11-14(2)20-15(3)12-19)9-16-7-8-17(21-16)18(4,5)6/h7-8,14-15H,1,9-12H2,2-6H3. The van der Waals surface area contributed by atoms with Crippen LogP contribution in [-0.2, 0) is 16.6 Å². The lowest BCUT2D eigenvalue weighted by Gasteiger charge is -2.35. The van der Waals surface area contributed by atoms with E-state index in [2.05, 4.69) is 58.2 Å². The molecule has 0 saturated carbocycles. The summed E-state index contributed by atoms with van der Waals surface area (Å²) in [4.78, 5) is 5.36. The molecule has 1 aromatic heterocycles. The second-order valence-electron chi connectivity index (χ2n) is 7.39. The van der Waals surface area contributed by atoms with Gasteiger partial charge >= 0.3 is 0 Å². The molecule has 2 atom stereocenters. The van der Waals surface area contributed by atoms with Crippen molar-refractivity contribution < 1.29 is 4.74 Å². The summed E-state index contributed by atoms with van der Waals surface area (Å²) >= 11 is 1.93. The van der Waals surface area contributed by atoms with Gasteiger partial charge in [-0.15, -0.1) is 11.3 Å². The Kier molecular flexibility index (Phi) is 5.29. The summed E-state index contributed by atoms with van der Waals surface area (Å²) in [5, 5.41) is 0. The Balaban J connectivity index is 1.88. The molecule has 0 N–H and O–H groups in total. The molecule has 0 amide bonds. The van der Waals surface area contributed by atoms with Gasteiger partial charge < -0.3 is 4.74 Å². The smallest absolute Gasteiger partial charge is 0.0678 e. The maximum atomic E-state index is 5.79. The second kappa shape index (κ2) is 6.64. The van der Waals surface area contributed by atoms with Crippen LogP contribution in [0.4, 0.5) is 0 Å². The molecule has 0 spiro atoms. The van der Waals surface area contributed by atoms with E-state index in [1.54, 1.807) is 0 Å². The van der Waals surface area contributed by atoms with Gasteiger partial charge in [0.25, 0.3) is 0 Å². The van der Waals surface area contributed by atoms with E-state index in [0.717, 1.165) is 26.1 Å². The number of hydrogen-bond acceptors (Lipinski definition) is 3. The lowest BCUT2D eigenvalue weighted by atomic mass is 9.95. The van der Waals surface area contributed by atoms with Crippen LogP contribution < -0.4 is 0 Å². The van der Waals surface area contributed by atoms with Crippen molar-refractivity contribution in [2.24, 2.45) is 0 Å². The molecule has 2 heterocycles. The molecule has 118 valence electrons. The summed E-state index contributed by atoms with van der Waals surface area (Å²) in [6, 6.07) is 4.53. The average molecular weight is 308 g/mol. The zero-order valence-electron chi connectivity index (χ0n) is 14.1. The SMILES string of the molecule is C=C(Cc1ccc(C(C)(C)C)s1)CN1CC(C)OC(C)C1. The van der Waals surface area contributed by atoms with Crippen LogP contribution in [-0.4, -0.2) is 36.7 Å². The summed E-state index contributed by atoms with van der Waals surface area (Å²) in [7, 11) is 0. The van der Waals surface area contributed by atoms with Gasteiger partial charge in [-0.3, -0.25) is 4.90 Å². The highest BCUT2D eigenvalue weighted by molar-refractivity contribution is 7.12. The number of ether oxygens (including phenoxy) is 1. The number of morpholine rings is 1. The third kappa shape index (κ3) is 4.94. The molecule has 3 heteroatoms. The van der Waals surface area contributed by atoms with Gasteiger partial charge in [-0.25, -0.2) is 0 Å². The van der Waals surface area contributed by atoms with Gasteiger partial charge in [0.05, 0.1) is 12.2 Å². The van der Waals surface area contributed by atoms with Crippen molar-refractivity contribution in [1.82, 2.24) is 4.90 Å². The molecular weight excluding hydrogens is 278 g/mol. The fourth-order valence-corrected chi connectivity index (χ4v) is 4.05. The van der Waals surface area contributed by atoms with Gasteiger partial charge in [0, 0.05) is 35.8 Å². The number of rotatable bonds is 4. The van der Waals surface area contributed by atoms with Crippen LogP contribution in [0.5, 0.6) is 0 Å². The Bertz CT molecular complexity index is 476. The Labute approximate surface area is 133 Å². The molecule has 0 radical (unpaired) electrons. The molecule has 21 heavy (non-hydrogen) atoms. The van der Waals surface area contributed by atoms with Crippen molar-refractivity contribution in [3.63, 3.8) is 0 Å². The summed E-state index contributed by atoms with van der Waals surface area (Å²) in [6.45, 7) is 18.4. The zero-order valence-corrected chi connectivity index (χ0v) is 14.9. The van der Waals surface area contributed by atoms with E-state index in [9.17, 15) is 0 Å². The Hall–Kier alpha value is -0.640. The third-order valence-electron chi connectivity index (χ3n) is 3.77. The molecule has 0 aromatic carbocycles. The summed E-state index contributed by atoms with van der Waals surface area (Å²) in [5.74, 6) is 0. The fourth-order valence-electron chi connectivity index (χ4n) is 2.91. The normalized spacial score (nSPS) is 24.2. The summed E-state index contributed by atoms with van der Waals surface area (Å²) in [5.41, 5.74) is 1.55. The van der Waals surface area contributed by atoms with Crippen LogP contribution in [0.2, 0.25) is 0 Å². The van der Waals surface area contributed by atoms with Gasteiger partial charge in [0.2, 0.25) is 0 Å². The van der Waals surface area contributed by atoms with Crippen molar-refractivity contribution >= 4 is 11.3 Å². The van der Waals surface area contributed by atoms with Gasteiger partial charge in [0.15, 0.2) is 0 Å². The van der Waals surface area contributed by atoms with Crippen LogP contribution in [0.25, 0.3) is 0 Å². The molecule has 1 aromatic rings. The monoisotopic (exact) mass is 307 g/mol. The molecule has 2 nitrogen and oxygen atoms in total. The minimum absolute atomic E-state index is 0.249. The lowest BCUT2D eigenvalue weighted by molar-refractivity contribution is -0.0653. The van der Waals surface area contributed by atoms with Gasteiger partial charge in [0.1, 0.15) is 0 Å². The molecule has 1 saturated heterocycles. The molecule has 1 aliphatic heterocycles. The highest BCUT2D eigenvalue weighted by Gasteiger charge is 2.22. The van der Waals surface area contributed by atoms with Crippen LogP contribution >= 0.6 is 11.3 Å². The van der Waals surface area contributed by atoms with Crippen LogP contribution in [0.1, 0.15) is 44.4 Å². The first-order valence-corrected chi connectivity index (χ1v) is 8.69. The maximum Gasteiger partial charge on any atom is 0.0678 e. The van der Waals surface area contributed by atoms with Crippen LogP contribution in [0, 0.1) is 0 Å². The van der Waals surface area contributed by atoms with Crippen molar-refractivity contribution in [2.45, 2.75) is 58.7 Å². The Morgan fingerprint density at radius 1 is 1.29 bits per heavy atom. The first-order chi connectivity index (χ1) is 9.74. The topological polar surface area (TPSA) is 12.5 Å². The van der Waals surface area contributed by atoms with E-state index in [1.807, 2.05) is 11.3 Å². The van der Waals surface area contributed by atoms with Crippen molar-refractivity contribution in [1.29, 1.82) is 0 Å². The predicted molar refractivity (Wildman–Crippen MR) is 92.3 cm³/mol. The molecule has 0 bridgehead atoms. The minimum Gasteiger partial charge on any atom is -0.373 e. The van der Waals surface area contributed by atoms with E-state index in [0.29, 0.717) is 12.2 Å². The first-order valence-electron chi connectivity index (χ1n) is 7.87. The number of nitrogens with zero attached hydrogens (tertiary/aromatic N) is 1. The fraction of sp³-hybridized carbons (Fsp3) is 0.667. The summed E-state index contributed by atoms with van der Waals surface area (Å²) in [6.07, 6.45) is 1.66. The van der Waals surface area contributed by atoms with Crippen molar-refractivity contribution in [3.8, 4) is 0 Å². The van der Waals surface area contributed by atoms with Crippen molar-refractivity contribution in [2.75, 3.05) is 19.6 Å². The highest BCUT2D eigenvalue weighted by Crippen LogP contribution is 2.30. The van der Waals surface area contributed by atoms with Crippen molar-refractivity contribution in [3.05, 3.63) is 34.0 Å². The van der Waals surface area contributed by atoms with E-state index < -0.39 is 0 Å². The van der Waals surface area contributed by atoms with Crippen LogP contribution in [0.3, 0.4) is 0 Å². The highest BCUT2D eigenvalue weighted by atomic mass is 32.1. The largest absolute Gasteiger partial charge is 0.373 e. The molecule has 2 unspecified atom stereocenters. The van der Waals surface area contributed by atoms with Gasteiger partial charge in [-0.05, 0) is 31.4 Å². The zero-order chi connectivity index (χ0) is 15.6. The number of hydrogen-bond donors (Lipinski definition) is 0. The third-order valence-corrected chi connectivity index (χ3v) is 5.28. The molecular formula is C18H29NOS. The van der Waals surface area contributed by atoms with E-state index in [-0.39, 0.29) is 5.41 Å². The van der Waals surface area contributed by atoms with E-state index in [4.69, 9.17) is 4.74 Å². The predicted octanol–water partition coefficient (Wildman–Crippen LogP) is 4.25. The quantitative estimate of drug-likeness (QED) is 0.771. The Morgan fingerprint density at radius 2 is 1.90 bits per heavy atom. The van der Waals surface area contributed by atoms with E-state index in [1.165, 1.54) is 15.3 Å². The second-order valence-corrected chi connectivity index (χ2v) is 8.56. The van der Waals surface area contributed by atoms with E-state index >= 15 is 0 Å². The molecule has 2 rings (SSSR count). The molecule has 0 aliphatic carbocycles. The minimum atomic E-state index is 0.249. The average Bonchev–Trinajstić information content (AvgIpc) is 2.75. The first kappa shape index (κ1) is 16.7. The number of thiophene rings is 1. The summed E-state index contributed by atoms with van der Waals surface area (Å²) < 4.78 is 5.79. The molecule has 1 aliphatic rings. The molecule has 1 fully saturated rings.